The minimum Gasteiger partial charge on any atom is -0.493 e. The molecule has 0 saturated heterocycles. The van der Waals surface area contributed by atoms with Crippen LogP contribution >= 0.6 is 11.8 Å². The van der Waals surface area contributed by atoms with Crippen LogP contribution in [-0.2, 0) is 6.54 Å². The third kappa shape index (κ3) is 3.15. The van der Waals surface area contributed by atoms with E-state index in [4.69, 9.17) is 10.5 Å². The number of hydrogen-bond donors (Lipinski definition) is 1. The zero-order chi connectivity index (χ0) is 12.0. The van der Waals surface area contributed by atoms with Gasteiger partial charge in [0, 0.05) is 12.3 Å². The van der Waals surface area contributed by atoms with Gasteiger partial charge in [-0.05, 0) is 19.1 Å². The lowest BCUT2D eigenvalue weighted by molar-refractivity contribution is 0.403. The van der Waals surface area contributed by atoms with Gasteiger partial charge >= 0.3 is 0 Å². The maximum absolute atomic E-state index is 6.17. The molecule has 0 aromatic carbocycles. The lowest BCUT2D eigenvalue weighted by atomic mass is 10.2. The molecule has 0 aliphatic rings. The molecule has 1 aromatic heterocycles. The number of aryl methyl sites for hydroxylation is 1. The molecule has 0 fully saturated rings. The van der Waals surface area contributed by atoms with Crippen LogP contribution in [0.5, 0.6) is 5.75 Å². The molecule has 0 spiro atoms. The molecular weight excluding hydrogens is 222 g/mol. The average Bonchev–Trinajstić information content (AvgIpc) is 2.71. The summed E-state index contributed by atoms with van der Waals surface area (Å²) >= 11 is 1.88. The van der Waals surface area contributed by atoms with E-state index < -0.39 is 0 Å². The van der Waals surface area contributed by atoms with E-state index in [0.717, 1.165) is 29.5 Å². The molecule has 2 N–H and O–H groups in total. The number of rotatable bonds is 7. The molecule has 1 heterocycles. The first-order valence-electron chi connectivity index (χ1n) is 5.67. The standard InChI is InChI=1S/C11H21N3OS/c1-4-6-16-8-9(12)11-10(15-3)7-13-14(11)5-2/h7,9H,4-6,8,12H2,1-3H3. The zero-order valence-electron chi connectivity index (χ0n) is 10.3. The number of hydrogen-bond acceptors (Lipinski definition) is 4. The van der Waals surface area contributed by atoms with Gasteiger partial charge in [0.2, 0.25) is 0 Å². The fourth-order valence-corrected chi connectivity index (χ4v) is 2.46. The first kappa shape index (κ1) is 13.4. The highest BCUT2D eigenvalue weighted by molar-refractivity contribution is 7.99. The molecule has 0 amide bonds. The molecule has 1 unspecified atom stereocenters. The molecule has 0 aliphatic carbocycles. The minimum absolute atomic E-state index is 0.00560. The third-order valence-electron chi connectivity index (χ3n) is 2.36. The smallest absolute Gasteiger partial charge is 0.161 e. The molecule has 0 radical (unpaired) electrons. The van der Waals surface area contributed by atoms with Gasteiger partial charge in [0.25, 0.3) is 0 Å². The van der Waals surface area contributed by atoms with Gasteiger partial charge in [-0.25, -0.2) is 0 Å². The zero-order valence-corrected chi connectivity index (χ0v) is 11.1. The van der Waals surface area contributed by atoms with Crippen LogP contribution in [0.4, 0.5) is 0 Å². The van der Waals surface area contributed by atoms with Gasteiger partial charge in [-0.15, -0.1) is 0 Å². The third-order valence-corrected chi connectivity index (χ3v) is 3.65. The topological polar surface area (TPSA) is 53.1 Å². The van der Waals surface area contributed by atoms with Crippen LogP contribution in [0.3, 0.4) is 0 Å². The fourth-order valence-electron chi connectivity index (χ4n) is 1.59. The molecule has 1 atom stereocenters. The number of aromatic nitrogens is 2. The Morgan fingerprint density at radius 3 is 2.88 bits per heavy atom. The van der Waals surface area contributed by atoms with E-state index in [1.54, 1.807) is 13.3 Å². The highest BCUT2D eigenvalue weighted by atomic mass is 32.2. The maximum Gasteiger partial charge on any atom is 0.161 e. The van der Waals surface area contributed by atoms with E-state index >= 15 is 0 Å². The molecule has 0 aliphatic heterocycles. The lowest BCUT2D eigenvalue weighted by Gasteiger charge is -2.14. The second kappa shape index (κ2) is 6.81. The van der Waals surface area contributed by atoms with E-state index in [0.29, 0.717) is 0 Å². The largest absolute Gasteiger partial charge is 0.493 e. The number of nitrogens with two attached hydrogens (primary N) is 1. The summed E-state index contributed by atoms with van der Waals surface area (Å²) in [6.45, 7) is 5.06. The Morgan fingerprint density at radius 1 is 1.56 bits per heavy atom. The number of thioether (sulfide) groups is 1. The van der Waals surface area contributed by atoms with Gasteiger partial charge in [-0.1, -0.05) is 6.92 Å². The summed E-state index contributed by atoms with van der Waals surface area (Å²) in [5, 5.41) is 4.26. The van der Waals surface area contributed by atoms with Crippen molar-refractivity contribution in [3.63, 3.8) is 0 Å². The van der Waals surface area contributed by atoms with Crippen molar-refractivity contribution in [3.05, 3.63) is 11.9 Å². The first-order valence-corrected chi connectivity index (χ1v) is 6.83. The quantitative estimate of drug-likeness (QED) is 0.745. The lowest BCUT2D eigenvalue weighted by Crippen LogP contribution is -2.19. The molecule has 4 nitrogen and oxygen atoms in total. The predicted octanol–water partition coefficient (Wildman–Crippen LogP) is 2.05. The summed E-state index contributed by atoms with van der Waals surface area (Å²) in [6.07, 6.45) is 2.92. The van der Waals surface area contributed by atoms with Gasteiger partial charge in [-0.2, -0.15) is 16.9 Å². The van der Waals surface area contributed by atoms with Crippen LogP contribution in [0, 0.1) is 0 Å². The summed E-state index contributed by atoms with van der Waals surface area (Å²) < 4.78 is 7.20. The van der Waals surface area contributed by atoms with Crippen LogP contribution < -0.4 is 10.5 Å². The van der Waals surface area contributed by atoms with Gasteiger partial charge in [-0.3, -0.25) is 4.68 Å². The molecule has 0 saturated carbocycles. The summed E-state index contributed by atoms with van der Waals surface area (Å²) in [6, 6.07) is -0.00560. The monoisotopic (exact) mass is 243 g/mol. The number of ether oxygens (including phenoxy) is 1. The summed E-state index contributed by atoms with van der Waals surface area (Å²) in [5.41, 5.74) is 7.18. The van der Waals surface area contributed by atoms with Crippen molar-refractivity contribution < 1.29 is 4.74 Å². The highest BCUT2D eigenvalue weighted by Crippen LogP contribution is 2.25. The average molecular weight is 243 g/mol. The Kier molecular flexibility index (Phi) is 5.69. The van der Waals surface area contributed by atoms with Crippen molar-refractivity contribution in [2.45, 2.75) is 32.9 Å². The van der Waals surface area contributed by atoms with Gasteiger partial charge in [0.1, 0.15) is 0 Å². The van der Waals surface area contributed by atoms with Gasteiger partial charge in [0.15, 0.2) is 5.75 Å². The predicted molar refractivity (Wildman–Crippen MR) is 69.0 cm³/mol. The minimum atomic E-state index is -0.00560. The SMILES string of the molecule is CCCSCC(N)c1c(OC)cnn1CC. The molecule has 5 heteroatoms. The van der Waals surface area contributed by atoms with E-state index in [-0.39, 0.29) is 6.04 Å². The Morgan fingerprint density at radius 2 is 2.31 bits per heavy atom. The molecule has 92 valence electrons. The van der Waals surface area contributed by atoms with Crippen molar-refractivity contribution in [3.8, 4) is 5.75 Å². The van der Waals surface area contributed by atoms with Crippen LogP contribution in [0.25, 0.3) is 0 Å². The number of methoxy groups -OCH3 is 1. The molecule has 1 aromatic rings. The number of nitrogens with zero attached hydrogens (tertiary/aromatic N) is 2. The van der Waals surface area contributed by atoms with Gasteiger partial charge in [0.05, 0.1) is 25.0 Å². The van der Waals surface area contributed by atoms with Crippen molar-refractivity contribution in [2.75, 3.05) is 18.6 Å². The summed E-state index contributed by atoms with van der Waals surface area (Å²) in [7, 11) is 1.66. The Bertz CT molecular complexity index is 293. The van der Waals surface area contributed by atoms with Crippen molar-refractivity contribution in [1.82, 2.24) is 9.78 Å². The van der Waals surface area contributed by atoms with Crippen LogP contribution in [0.2, 0.25) is 0 Å². The van der Waals surface area contributed by atoms with E-state index in [1.807, 2.05) is 16.4 Å². The second-order valence-electron chi connectivity index (χ2n) is 3.60. The van der Waals surface area contributed by atoms with E-state index in [9.17, 15) is 0 Å². The molecule has 1 rings (SSSR count). The Hall–Kier alpha value is -0.680. The van der Waals surface area contributed by atoms with Crippen LogP contribution in [-0.4, -0.2) is 28.4 Å². The van der Waals surface area contributed by atoms with Crippen LogP contribution in [0.15, 0.2) is 6.20 Å². The summed E-state index contributed by atoms with van der Waals surface area (Å²) in [5.74, 6) is 2.86. The Labute approximate surface area is 102 Å². The van der Waals surface area contributed by atoms with Crippen LogP contribution in [0.1, 0.15) is 32.0 Å². The summed E-state index contributed by atoms with van der Waals surface area (Å²) in [4.78, 5) is 0. The highest BCUT2D eigenvalue weighted by Gasteiger charge is 2.17. The van der Waals surface area contributed by atoms with E-state index in [2.05, 4.69) is 18.9 Å². The van der Waals surface area contributed by atoms with E-state index in [1.165, 1.54) is 6.42 Å². The molecule has 0 bridgehead atoms. The van der Waals surface area contributed by atoms with Crippen molar-refractivity contribution in [1.29, 1.82) is 0 Å². The molecule has 16 heavy (non-hydrogen) atoms. The van der Waals surface area contributed by atoms with Gasteiger partial charge < -0.3 is 10.5 Å². The van der Waals surface area contributed by atoms with Crippen molar-refractivity contribution in [2.24, 2.45) is 5.73 Å². The Balaban J connectivity index is 2.71. The first-order chi connectivity index (χ1) is 7.74. The fraction of sp³-hybridized carbons (Fsp3) is 0.727. The normalized spacial score (nSPS) is 12.8. The second-order valence-corrected chi connectivity index (χ2v) is 4.75. The van der Waals surface area contributed by atoms with Crippen molar-refractivity contribution >= 4 is 11.8 Å². The maximum atomic E-state index is 6.17. The molecular formula is C11H21N3OS.